The van der Waals surface area contributed by atoms with Crippen LogP contribution in [0.25, 0.3) is 10.9 Å². The van der Waals surface area contributed by atoms with Crippen molar-refractivity contribution in [2.75, 3.05) is 5.73 Å². The minimum absolute atomic E-state index is 0.0815. The predicted molar refractivity (Wildman–Crippen MR) is 85.3 cm³/mol. The average molecular weight is 350 g/mol. The summed E-state index contributed by atoms with van der Waals surface area (Å²) in [7, 11) is 0. The van der Waals surface area contributed by atoms with Gasteiger partial charge in [-0.2, -0.15) is 0 Å². The van der Waals surface area contributed by atoms with E-state index in [1.54, 1.807) is 24.4 Å². The Morgan fingerprint density at radius 2 is 2.00 bits per heavy atom. The number of rotatable bonds is 2. The predicted octanol–water partition coefficient (Wildman–Crippen LogP) is 4.40. The van der Waals surface area contributed by atoms with Gasteiger partial charge in [-0.25, -0.2) is 0 Å². The number of fused-ring (bicyclic) bond motifs is 1. The van der Waals surface area contributed by atoms with E-state index < -0.39 is 0 Å². The number of carbonyl (C=O) groups is 1. The zero-order valence-electron chi connectivity index (χ0n) is 10.3. The van der Waals surface area contributed by atoms with Crippen LogP contribution in [0.3, 0.4) is 0 Å². The van der Waals surface area contributed by atoms with Crippen molar-refractivity contribution in [3.63, 3.8) is 0 Å². The number of halogens is 2. The van der Waals surface area contributed by atoms with E-state index in [4.69, 9.17) is 17.3 Å². The highest BCUT2D eigenvalue weighted by Gasteiger charge is 2.15. The molecule has 3 rings (SSSR count). The number of hydrogen-bond donors (Lipinski definition) is 2. The second-order valence-corrected chi connectivity index (χ2v) is 5.78. The molecule has 0 saturated carbocycles. The van der Waals surface area contributed by atoms with Gasteiger partial charge >= 0.3 is 0 Å². The van der Waals surface area contributed by atoms with Gasteiger partial charge in [0.05, 0.1) is 10.7 Å². The first-order valence-electron chi connectivity index (χ1n) is 5.92. The van der Waals surface area contributed by atoms with E-state index in [9.17, 15) is 4.79 Å². The number of nitrogen functional groups attached to an aromatic ring is 1. The number of hydrogen-bond acceptors (Lipinski definition) is 2. The molecule has 100 valence electrons. The Kier molecular flexibility index (Phi) is 3.28. The lowest BCUT2D eigenvalue weighted by Gasteiger charge is -2.03. The van der Waals surface area contributed by atoms with Crippen molar-refractivity contribution in [2.45, 2.75) is 0 Å². The first kappa shape index (κ1) is 13.2. The second kappa shape index (κ2) is 4.96. The number of ketones is 1. The van der Waals surface area contributed by atoms with Crippen molar-refractivity contribution in [3.8, 4) is 0 Å². The molecule has 1 heterocycles. The zero-order valence-corrected chi connectivity index (χ0v) is 12.6. The summed E-state index contributed by atoms with van der Waals surface area (Å²) in [4.78, 5) is 15.6. The van der Waals surface area contributed by atoms with Crippen molar-refractivity contribution < 1.29 is 4.79 Å². The van der Waals surface area contributed by atoms with Crippen LogP contribution in [0.5, 0.6) is 0 Å². The van der Waals surface area contributed by atoms with Gasteiger partial charge in [-0.15, -0.1) is 0 Å². The average Bonchev–Trinajstić information content (AvgIpc) is 2.84. The van der Waals surface area contributed by atoms with Gasteiger partial charge in [-0.05, 0) is 30.3 Å². The van der Waals surface area contributed by atoms with Gasteiger partial charge in [0.15, 0.2) is 5.78 Å². The molecule has 0 unspecified atom stereocenters. The van der Waals surface area contributed by atoms with E-state index in [2.05, 4.69) is 20.9 Å². The standard InChI is InChI=1S/C15H10BrClN2O/c16-9-2-3-10-11(7-19-14(10)6-9)15(20)8-1-4-12(17)13(18)5-8/h1-7,19H,18H2. The highest BCUT2D eigenvalue weighted by molar-refractivity contribution is 9.10. The molecule has 0 radical (unpaired) electrons. The summed E-state index contributed by atoms with van der Waals surface area (Å²) in [5, 5.41) is 1.33. The van der Waals surface area contributed by atoms with Crippen LogP contribution in [0, 0.1) is 0 Å². The fraction of sp³-hybridized carbons (Fsp3) is 0. The molecule has 3 nitrogen and oxygen atoms in total. The smallest absolute Gasteiger partial charge is 0.195 e. The maximum atomic E-state index is 12.5. The van der Waals surface area contributed by atoms with Crippen LogP contribution >= 0.6 is 27.5 Å². The minimum Gasteiger partial charge on any atom is -0.398 e. The molecule has 0 spiro atoms. The Bertz CT molecular complexity index is 826. The molecule has 0 aliphatic heterocycles. The van der Waals surface area contributed by atoms with Gasteiger partial charge in [0, 0.05) is 32.7 Å². The van der Waals surface area contributed by atoms with Crippen LogP contribution in [0.1, 0.15) is 15.9 Å². The Morgan fingerprint density at radius 3 is 2.75 bits per heavy atom. The number of nitrogens with two attached hydrogens (primary N) is 1. The van der Waals surface area contributed by atoms with Crippen molar-refractivity contribution in [1.29, 1.82) is 0 Å². The highest BCUT2D eigenvalue weighted by atomic mass is 79.9. The first-order chi connectivity index (χ1) is 9.56. The normalized spacial score (nSPS) is 10.9. The molecule has 3 aromatic rings. The molecule has 0 aliphatic carbocycles. The molecule has 0 atom stereocenters. The molecule has 20 heavy (non-hydrogen) atoms. The number of aromatic amines is 1. The topological polar surface area (TPSA) is 58.9 Å². The number of aromatic nitrogens is 1. The lowest BCUT2D eigenvalue weighted by molar-refractivity contribution is 0.104. The quantitative estimate of drug-likeness (QED) is 0.532. The van der Waals surface area contributed by atoms with E-state index in [1.165, 1.54) is 0 Å². The van der Waals surface area contributed by atoms with Crippen LogP contribution in [-0.4, -0.2) is 10.8 Å². The van der Waals surface area contributed by atoms with Crippen molar-refractivity contribution in [1.82, 2.24) is 4.98 Å². The lowest BCUT2D eigenvalue weighted by atomic mass is 10.0. The van der Waals surface area contributed by atoms with Gasteiger partial charge < -0.3 is 10.7 Å². The molecule has 0 fully saturated rings. The summed E-state index contributed by atoms with van der Waals surface area (Å²) < 4.78 is 0.960. The third-order valence-electron chi connectivity index (χ3n) is 3.15. The van der Waals surface area contributed by atoms with Crippen LogP contribution in [0.15, 0.2) is 47.1 Å². The third-order valence-corrected chi connectivity index (χ3v) is 3.98. The number of benzene rings is 2. The molecular formula is C15H10BrClN2O. The summed E-state index contributed by atoms with van der Waals surface area (Å²) in [6.45, 7) is 0. The molecule has 0 saturated heterocycles. The highest BCUT2D eigenvalue weighted by Crippen LogP contribution is 2.26. The lowest BCUT2D eigenvalue weighted by Crippen LogP contribution is -2.01. The maximum absolute atomic E-state index is 12.5. The molecule has 0 aliphatic rings. The van der Waals surface area contributed by atoms with Gasteiger partial charge in [0.25, 0.3) is 0 Å². The number of nitrogens with one attached hydrogen (secondary N) is 1. The SMILES string of the molecule is Nc1cc(C(=O)c2c[nH]c3cc(Br)ccc23)ccc1Cl. The van der Waals surface area contributed by atoms with Crippen LogP contribution < -0.4 is 5.73 Å². The Balaban J connectivity index is 2.10. The Morgan fingerprint density at radius 1 is 1.20 bits per heavy atom. The van der Waals surface area contributed by atoms with E-state index >= 15 is 0 Å². The fourth-order valence-electron chi connectivity index (χ4n) is 2.13. The molecule has 0 bridgehead atoms. The van der Waals surface area contributed by atoms with Gasteiger partial charge in [0.2, 0.25) is 0 Å². The zero-order chi connectivity index (χ0) is 14.3. The third kappa shape index (κ3) is 2.21. The largest absolute Gasteiger partial charge is 0.398 e. The Labute approximate surface area is 128 Å². The van der Waals surface area contributed by atoms with Crippen LogP contribution in [-0.2, 0) is 0 Å². The molecule has 0 amide bonds. The van der Waals surface area contributed by atoms with Crippen molar-refractivity contribution in [3.05, 3.63) is 63.2 Å². The monoisotopic (exact) mass is 348 g/mol. The van der Waals surface area contributed by atoms with Crippen molar-refractivity contribution in [2.24, 2.45) is 0 Å². The van der Waals surface area contributed by atoms with Gasteiger partial charge in [-0.1, -0.05) is 33.6 Å². The number of carbonyl (C=O) groups excluding carboxylic acids is 1. The second-order valence-electron chi connectivity index (χ2n) is 4.46. The first-order valence-corrected chi connectivity index (χ1v) is 7.10. The van der Waals surface area contributed by atoms with E-state index in [0.717, 1.165) is 15.4 Å². The van der Waals surface area contributed by atoms with E-state index in [-0.39, 0.29) is 5.78 Å². The molecule has 3 N–H and O–H groups in total. The molecule has 2 aromatic carbocycles. The number of H-pyrrole nitrogens is 1. The summed E-state index contributed by atoms with van der Waals surface area (Å²) in [5.41, 5.74) is 8.20. The summed E-state index contributed by atoms with van der Waals surface area (Å²) in [6, 6.07) is 10.7. The van der Waals surface area contributed by atoms with E-state index in [1.807, 2.05) is 18.2 Å². The summed E-state index contributed by atoms with van der Waals surface area (Å²) >= 11 is 9.28. The molecular weight excluding hydrogens is 340 g/mol. The van der Waals surface area contributed by atoms with Crippen molar-refractivity contribution >= 4 is 49.9 Å². The van der Waals surface area contributed by atoms with Gasteiger partial charge in [0.1, 0.15) is 0 Å². The molecule has 5 heteroatoms. The number of anilines is 1. The maximum Gasteiger partial charge on any atom is 0.195 e. The molecule has 1 aromatic heterocycles. The summed E-state index contributed by atoms with van der Waals surface area (Å²) in [6.07, 6.45) is 1.71. The van der Waals surface area contributed by atoms with Crippen LogP contribution in [0.2, 0.25) is 5.02 Å². The fourth-order valence-corrected chi connectivity index (χ4v) is 2.61. The summed E-state index contributed by atoms with van der Waals surface area (Å²) in [5.74, 6) is -0.0815. The Hall–Kier alpha value is -1.78. The van der Waals surface area contributed by atoms with Crippen LogP contribution in [0.4, 0.5) is 5.69 Å². The van der Waals surface area contributed by atoms with Gasteiger partial charge in [-0.3, -0.25) is 4.79 Å². The van der Waals surface area contributed by atoms with E-state index in [0.29, 0.717) is 21.8 Å². The minimum atomic E-state index is -0.0815.